The van der Waals surface area contributed by atoms with Gasteiger partial charge >= 0.3 is 0 Å². The fraction of sp³-hybridized carbons (Fsp3) is 0.429. The lowest BCUT2D eigenvalue weighted by molar-refractivity contribution is 0.0949. The molecule has 2 aromatic rings. The first-order chi connectivity index (χ1) is 14.4. The maximum Gasteiger partial charge on any atom is 0.273 e. The van der Waals surface area contributed by atoms with Crippen LogP contribution in [0.4, 0.5) is 9.39 Å². The Morgan fingerprint density at radius 1 is 1.37 bits per heavy atom. The van der Waals surface area contributed by atoms with Gasteiger partial charge in [-0.05, 0) is 37.5 Å². The average molecular weight is 431 g/mol. The molecule has 1 aromatic carbocycles. The zero-order valence-corrected chi connectivity index (χ0v) is 18.1. The number of aliphatic imine (C=N–C) groups is 1. The summed E-state index contributed by atoms with van der Waals surface area (Å²) in [5, 5.41) is 11.2. The van der Waals surface area contributed by atoms with Crippen molar-refractivity contribution in [2.45, 2.75) is 38.6 Å². The number of aryl methyl sites for hydroxylation is 1. The van der Waals surface area contributed by atoms with Crippen LogP contribution in [0, 0.1) is 18.2 Å². The van der Waals surface area contributed by atoms with Gasteiger partial charge in [-0.1, -0.05) is 30.2 Å². The number of hydrogen-bond acceptors (Lipinski definition) is 6. The molecule has 1 aliphatic heterocycles. The van der Waals surface area contributed by atoms with Crippen molar-refractivity contribution in [3.63, 3.8) is 0 Å². The monoisotopic (exact) mass is 430 g/mol. The number of nitrogens with two attached hydrogens (primary N) is 1. The summed E-state index contributed by atoms with van der Waals surface area (Å²) in [6.07, 6.45) is 5.62. The fourth-order valence-corrected chi connectivity index (χ4v) is 4.43. The second kappa shape index (κ2) is 9.80. The molecule has 1 aliphatic rings. The summed E-state index contributed by atoms with van der Waals surface area (Å²) < 4.78 is 14.3. The molecular weight excluding hydrogens is 403 g/mol. The first-order valence-corrected chi connectivity index (χ1v) is 10.8. The first-order valence-electron chi connectivity index (χ1n) is 10.0. The number of nitrogens with one attached hydrogen (secondary N) is 2. The van der Waals surface area contributed by atoms with Crippen LogP contribution in [0.1, 0.15) is 41.7 Å². The number of carbonyl (C=O) groups excluding carboxylic acids is 1. The molecule has 0 bridgehead atoms. The number of carbonyl (C=O) groups is 1. The molecule has 160 valence electrons. The van der Waals surface area contributed by atoms with Crippen molar-refractivity contribution < 1.29 is 9.18 Å². The Labute approximate surface area is 179 Å². The van der Waals surface area contributed by atoms with E-state index in [-0.39, 0.29) is 10.7 Å². The summed E-state index contributed by atoms with van der Waals surface area (Å²) in [6, 6.07) is 4.16. The molecule has 0 aliphatic carbocycles. The van der Waals surface area contributed by atoms with Crippen LogP contribution in [0.5, 0.6) is 0 Å². The van der Waals surface area contributed by atoms with E-state index in [1.165, 1.54) is 18.9 Å². The molecule has 0 radical (unpaired) electrons. The highest BCUT2D eigenvalue weighted by Crippen LogP contribution is 2.32. The van der Waals surface area contributed by atoms with Crippen LogP contribution in [-0.4, -0.2) is 54.0 Å². The van der Waals surface area contributed by atoms with Crippen molar-refractivity contribution in [2.75, 3.05) is 25.9 Å². The number of rotatable bonds is 5. The third-order valence-corrected chi connectivity index (χ3v) is 6.03. The number of amides is 1. The molecule has 7 nitrogen and oxygen atoms in total. The van der Waals surface area contributed by atoms with Crippen LogP contribution in [0.25, 0.3) is 10.6 Å². The number of likely N-dealkylation sites (tertiary alicyclic amines) is 1. The zero-order valence-electron chi connectivity index (χ0n) is 17.2. The Kier molecular flexibility index (Phi) is 7.15. The Bertz CT molecular complexity index is 949. The highest BCUT2D eigenvalue weighted by Gasteiger charge is 2.26. The number of nitrogens with zero attached hydrogens (tertiary/aromatic N) is 3. The van der Waals surface area contributed by atoms with E-state index >= 15 is 0 Å². The van der Waals surface area contributed by atoms with E-state index in [1.54, 1.807) is 26.1 Å². The molecule has 3 rings (SSSR count). The highest BCUT2D eigenvalue weighted by atomic mass is 32.1. The Morgan fingerprint density at radius 2 is 2.07 bits per heavy atom. The van der Waals surface area contributed by atoms with Crippen molar-refractivity contribution in [3.05, 3.63) is 35.3 Å². The molecule has 30 heavy (non-hydrogen) atoms. The Hall–Kier alpha value is -2.81. The lowest BCUT2D eigenvalue weighted by Gasteiger charge is -2.28. The number of hydrogen-bond donors (Lipinski definition) is 3. The molecule has 2 heterocycles. The van der Waals surface area contributed by atoms with Gasteiger partial charge in [-0.25, -0.2) is 9.37 Å². The number of nitrogen functional groups attached to an aromatic ring is 1. The number of anilines is 1. The molecule has 9 heteroatoms. The average Bonchev–Trinajstić information content (AvgIpc) is 2.92. The third kappa shape index (κ3) is 4.84. The molecule has 0 spiro atoms. The van der Waals surface area contributed by atoms with Crippen LogP contribution in [-0.2, 0) is 0 Å². The van der Waals surface area contributed by atoms with Gasteiger partial charge in [0.25, 0.3) is 5.91 Å². The fourth-order valence-electron chi connectivity index (χ4n) is 3.57. The third-order valence-electron chi connectivity index (χ3n) is 5.11. The molecular formula is C21H27FN6OS. The molecule has 1 aromatic heterocycles. The second-order valence-electron chi connectivity index (χ2n) is 7.32. The zero-order chi connectivity index (χ0) is 21.7. The van der Waals surface area contributed by atoms with Crippen molar-refractivity contribution in [1.82, 2.24) is 15.2 Å². The van der Waals surface area contributed by atoms with Gasteiger partial charge in [0.15, 0.2) is 5.69 Å². The van der Waals surface area contributed by atoms with E-state index in [0.29, 0.717) is 16.4 Å². The highest BCUT2D eigenvalue weighted by molar-refractivity contribution is 7.19. The predicted octanol–water partition coefficient (Wildman–Crippen LogP) is 3.49. The number of aromatic nitrogens is 1. The summed E-state index contributed by atoms with van der Waals surface area (Å²) in [7, 11) is 1.67. The summed E-state index contributed by atoms with van der Waals surface area (Å²) in [4.78, 5) is 23.6. The molecule has 1 unspecified atom stereocenters. The van der Waals surface area contributed by atoms with E-state index < -0.39 is 17.8 Å². The first kappa shape index (κ1) is 21.9. The van der Waals surface area contributed by atoms with Crippen molar-refractivity contribution in [3.8, 4) is 10.6 Å². The van der Waals surface area contributed by atoms with E-state index in [1.807, 2.05) is 0 Å². The van der Waals surface area contributed by atoms with Crippen LogP contribution in [0.2, 0.25) is 0 Å². The van der Waals surface area contributed by atoms with Gasteiger partial charge in [0.2, 0.25) is 0 Å². The van der Waals surface area contributed by atoms with Gasteiger partial charge in [0.05, 0.1) is 0 Å². The van der Waals surface area contributed by atoms with E-state index in [4.69, 9.17) is 11.1 Å². The maximum absolute atomic E-state index is 14.3. The predicted molar refractivity (Wildman–Crippen MR) is 120 cm³/mol. The van der Waals surface area contributed by atoms with Crippen molar-refractivity contribution in [1.29, 1.82) is 5.41 Å². The standard InChI is InChI=1S/C21H27FN6OS/c1-13-7-8-14(15(22)11-13)21-27-17(18(24)30-21)20(29)26-16(12-23)19(25-2)28-9-5-3-4-6-10-28/h7-8,11-12,16,23H,3-6,9-10,24H2,1-2H3,(H,26,29). The summed E-state index contributed by atoms with van der Waals surface area (Å²) in [5.41, 5.74) is 7.16. The molecule has 4 N–H and O–H groups in total. The van der Waals surface area contributed by atoms with E-state index in [2.05, 4.69) is 20.2 Å². The summed E-state index contributed by atoms with van der Waals surface area (Å²) in [6.45, 7) is 3.50. The van der Waals surface area contributed by atoms with E-state index in [0.717, 1.165) is 49.0 Å². The minimum absolute atomic E-state index is 0.0353. The van der Waals surface area contributed by atoms with Gasteiger partial charge in [0, 0.05) is 31.9 Å². The minimum atomic E-state index is -0.679. The van der Waals surface area contributed by atoms with Gasteiger partial charge in [-0.3, -0.25) is 9.79 Å². The van der Waals surface area contributed by atoms with Gasteiger partial charge in [-0.15, -0.1) is 0 Å². The molecule has 1 saturated heterocycles. The van der Waals surface area contributed by atoms with Gasteiger partial charge in [0.1, 0.15) is 27.7 Å². The maximum atomic E-state index is 14.3. The van der Waals surface area contributed by atoms with E-state index in [9.17, 15) is 9.18 Å². The molecule has 1 amide bonds. The van der Waals surface area contributed by atoms with Crippen molar-refractivity contribution in [2.24, 2.45) is 4.99 Å². The number of thiazole rings is 1. The second-order valence-corrected chi connectivity index (χ2v) is 8.35. The van der Waals surface area contributed by atoms with Crippen LogP contribution < -0.4 is 11.1 Å². The van der Waals surface area contributed by atoms with Crippen molar-refractivity contribution >= 4 is 34.3 Å². The number of amidine groups is 1. The minimum Gasteiger partial charge on any atom is -0.389 e. The van der Waals surface area contributed by atoms with Crippen LogP contribution >= 0.6 is 11.3 Å². The lowest BCUT2D eigenvalue weighted by Crippen LogP contribution is -2.50. The summed E-state index contributed by atoms with van der Waals surface area (Å²) >= 11 is 1.06. The molecule has 1 atom stereocenters. The SMILES string of the molecule is CN=C(C(C=N)NC(=O)c1nc(-c2ccc(C)cc2F)sc1N)N1CCCCCC1. The molecule has 0 saturated carbocycles. The smallest absolute Gasteiger partial charge is 0.273 e. The quantitative estimate of drug-likeness (QED) is 0.498. The Morgan fingerprint density at radius 3 is 2.67 bits per heavy atom. The van der Waals surface area contributed by atoms with Crippen LogP contribution in [0.3, 0.4) is 0 Å². The number of benzene rings is 1. The largest absolute Gasteiger partial charge is 0.389 e. The Balaban J connectivity index is 1.80. The molecule has 1 fully saturated rings. The topological polar surface area (TPSA) is 107 Å². The summed E-state index contributed by atoms with van der Waals surface area (Å²) in [5.74, 6) is -0.263. The normalized spacial score (nSPS) is 16.1. The van der Waals surface area contributed by atoms with Crippen LogP contribution in [0.15, 0.2) is 23.2 Å². The van der Waals surface area contributed by atoms with Gasteiger partial charge in [-0.2, -0.15) is 0 Å². The lowest BCUT2D eigenvalue weighted by atomic mass is 10.1. The number of halogens is 1. The van der Waals surface area contributed by atoms with Gasteiger partial charge < -0.3 is 21.4 Å².